The Morgan fingerprint density at radius 3 is 2.50 bits per heavy atom. The molecule has 0 saturated carbocycles. The van der Waals surface area contributed by atoms with E-state index in [1.54, 1.807) is 0 Å². The largest absolute Gasteiger partial charge is 0.481 e. The summed E-state index contributed by atoms with van der Waals surface area (Å²) >= 11 is 0. The van der Waals surface area contributed by atoms with Gasteiger partial charge in [0.05, 0.1) is 5.92 Å². The molecular weight excluding hydrogens is 106 g/mol. The quantitative estimate of drug-likeness (QED) is 0.492. The first-order valence-corrected chi connectivity index (χ1v) is 2.68. The van der Waals surface area contributed by atoms with E-state index in [2.05, 4.69) is 5.32 Å². The smallest absolute Gasteiger partial charge is 0.309 e. The van der Waals surface area contributed by atoms with Gasteiger partial charge < -0.3 is 10.4 Å². The molecule has 0 radical (unpaired) electrons. The van der Waals surface area contributed by atoms with Crippen LogP contribution in [-0.2, 0) is 4.79 Å². The summed E-state index contributed by atoms with van der Waals surface area (Å²) in [6.45, 7) is 2.51. The summed E-state index contributed by atoms with van der Waals surface area (Å²) in [5.74, 6) is -0.828. The lowest BCUT2D eigenvalue weighted by Crippen LogP contribution is -2.54. The number of carboxylic acids is 1. The van der Waals surface area contributed by atoms with Crippen LogP contribution in [0, 0.1) is 5.92 Å². The number of carbonyl (C=O) groups is 1. The third-order valence-corrected chi connectivity index (χ3v) is 1.58. The zero-order valence-corrected chi connectivity index (χ0v) is 4.72. The van der Waals surface area contributed by atoms with E-state index < -0.39 is 5.97 Å². The highest BCUT2D eigenvalue weighted by molar-refractivity contribution is 5.72. The summed E-state index contributed by atoms with van der Waals surface area (Å²) in [6, 6.07) is 0.174. The van der Waals surface area contributed by atoms with E-state index in [0.29, 0.717) is 6.54 Å². The van der Waals surface area contributed by atoms with Crippen LogP contribution < -0.4 is 5.32 Å². The SMILES string of the molecule is C[C@H]1NC[C@H]1C(=O)O. The topological polar surface area (TPSA) is 49.3 Å². The van der Waals surface area contributed by atoms with Crippen molar-refractivity contribution in [2.24, 2.45) is 5.92 Å². The molecule has 0 aromatic heterocycles. The Morgan fingerprint density at radius 1 is 1.88 bits per heavy atom. The van der Waals surface area contributed by atoms with E-state index in [4.69, 9.17) is 5.11 Å². The van der Waals surface area contributed by atoms with E-state index in [9.17, 15) is 4.79 Å². The van der Waals surface area contributed by atoms with Crippen molar-refractivity contribution in [3.8, 4) is 0 Å². The van der Waals surface area contributed by atoms with E-state index in [0.717, 1.165) is 0 Å². The lowest BCUT2D eigenvalue weighted by molar-refractivity contribution is -0.145. The fraction of sp³-hybridized carbons (Fsp3) is 0.800. The zero-order chi connectivity index (χ0) is 6.15. The number of hydrogen-bond donors (Lipinski definition) is 2. The first-order valence-electron chi connectivity index (χ1n) is 2.68. The van der Waals surface area contributed by atoms with Crippen LogP contribution in [-0.4, -0.2) is 23.7 Å². The highest BCUT2D eigenvalue weighted by Gasteiger charge is 2.31. The van der Waals surface area contributed by atoms with Gasteiger partial charge in [-0.25, -0.2) is 0 Å². The molecule has 0 unspecified atom stereocenters. The normalized spacial score (nSPS) is 36.1. The second-order valence-corrected chi connectivity index (χ2v) is 2.14. The average molecular weight is 115 g/mol. The van der Waals surface area contributed by atoms with Gasteiger partial charge in [0.2, 0.25) is 0 Å². The Labute approximate surface area is 47.7 Å². The van der Waals surface area contributed by atoms with E-state index in [-0.39, 0.29) is 12.0 Å². The first-order chi connectivity index (χ1) is 3.72. The van der Waals surface area contributed by atoms with Gasteiger partial charge in [0.1, 0.15) is 0 Å². The second kappa shape index (κ2) is 1.74. The molecule has 0 aromatic carbocycles. The molecule has 46 valence electrons. The lowest BCUT2D eigenvalue weighted by atomic mass is 9.94. The van der Waals surface area contributed by atoms with Crippen molar-refractivity contribution in [3.63, 3.8) is 0 Å². The molecule has 0 aromatic rings. The third-order valence-electron chi connectivity index (χ3n) is 1.58. The van der Waals surface area contributed by atoms with Gasteiger partial charge in [-0.1, -0.05) is 0 Å². The molecule has 1 fully saturated rings. The molecule has 2 atom stereocenters. The van der Waals surface area contributed by atoms with E-state index in [1.807, 2.05) is 6.92 Å². The molecule has 1 aliphatic heterocycles. The van der Waals surface area contributed by atoms with Crippen LogP contribution in [0.25, 0.3) is 0 Å². The fourth-order valence-corrected chi connectivity index (χ4v) is 0.773. The first kappa shape index (κ1) is 5.56. The van der Waals surface area contributed by atoms with Gasteiger partial charge in [-0.3, -0.25) is 4.79 Å². The fourth-order valence-electron chi connectivity index (χ4n) is 0.773. The standard InChI is InChI=1S/C5H9NO2/c1-3-4(2-6-3)5(7)8/h3-4,6H,2H2,1H3,(H,7,8)/t3-,4-/m1/s1. The molecule has 1 aliphatic rings. The molecule has 1 saturated heterocycles. The maximum absolute atomic E-state index is 10.2. The minimum atomic E-state index is -0.684. The maximum Gasteiger partial charge on any atom is 0.309 e. The molecule has 0 amide bonds. The second-order valence-electron chi connectivity index (χ2n) is 2.14. The number of hydrogen-bond acceptors (Lipinski definition) is 2. The number of carboxylic acid groups (broad SMARTS) is 1. The van der Waals surface area contributed by atoms with Crippen molar-refractivity contribution in [1.82, 2.24) is 5.32 Å². The van der Waals surface area contributed by atoms with Crippen molar-refractivity contribution in [2.75, 3.05) is 6.54 Å². The number of rotatable bonds is 1. The van der Waals surface area contributed by atoms with Crippen molar-refractivity contribution in [1.29, 1.82) is 0 Å². The Kier molecular flexibility index (Phi) is 1.21. The van der Waals surface area contributed by atoms with Gasteiger partial charge >= 0.3 is 5.97 Å². The van der Waals surface area contributed by atoms with Crippen LogP contribution in [0.15, 0.2) is 0 Å². The average Bonchev–Trinajstić information content (AvgIpc) is 1.61. The van der Waals surface area contributed by atoms with Crippen molar-refractivity contribution < 1.29 is 9.90 Å². The third kappa shape index (κ3) is 0.690. The molecule has 0 aliphatic carbocycles. The molecule has 1 heterocycles. The number of nitrogens with one attached hydrogen (secondary N) is 1. The Balaban J connectivity index is 2.37. The molecule has 3 nitrogen and oxygen atoms in total. The van der Waals surface area contributed by atoms with Gasteiger partial charge in [0.25, 0.3) is 0 Å². The minimum absolute atomic E-state index is 0.144. The summed E-state index contributed by atoms with van der Waals surface area (Å²) in [5, 5.41) is 11.3. The van der Waals surface area contributed by atoms with Gasteiger partial charge in [-0.05, 0) is 6.92 Å². The van der Waals surface area contributed by atoms with Crippen LogP contribution >= 0.6 is 0 Å². The highest BCUT2D eigenvalue weighted by atomic mass is 16.4. The summed E-state index contributed by atoms with van der Waals surface area (Å²) in [4.78, 5) is 10.2. The van der Waals surface area contributed by atoms with E-state index >= 15 is 0 Å². The molecule has 0 bridgehead atoms. The van der Waals surface area contributed by atoms with Crippen molar-refractivity contribution in [3.05, 3.63) is 0 Å². The Bertz CT molecular complexity index is 113. The molecular formula is C5H9NO2. The lowest BCUT2D eigenvalue weighted by Gasteiger charge is -2.31. The van der Waals surface area contributed by atoms with Crippen LogP contribution in [0.5, 0.6) is 0 Å². The predicted molar refractivity (Wildman–Crippen MR) is 28.6 cm³/mol. The minimum Gasteiger partial charge on any atom is -0.481 e. The molecule has 8 heavy (non-hydrogen) atoms. The Hall–Kier alpha value is -0.570. The molecule has 0 spiro atoms. The molecule has 1 rings (SSSR count). The monoisotopic (exact) mass is 115 g/mol. The van der Waals surface area contributed by atoms with E-state index in [1.165, 1.54) is 0 Å². The van der Waals surface area contributed by atoms with Gasteiger partial charge in [-0.2, -0.15) is 0 Å². The summed E-state index contributed by atoms with van der Waals surface area (Å²) in [7, 11) is 0. The molecule has 2 N–H and O–H groups in total. The highest BCUT2D eigenvalue weighted by Crippen LogP contribution is 2.11. The van der Waals surface area contributed by atoms with Crippen molar-refractivity contribution in [2.45, 2.75) is 13.0 Å². The van der Waals surface area contributed by atoms with Gasteiger partial charge in [-0.15, -0.1) is 0 Å². The zero-order valence-electron chi connectivity index (χ0n) is 4.72. The summed E-state index contributed by atoms with van der Waals surface area (Å²) < 4.78 is 0. The maximum atomic E-state index is 10.2. The van der Waals surface area contributed by atoms with Crippen molar-refractivity contribution >= 4 is 5.97 Å². The van der Waals surface area contributed by atoms with Crippen LogP contribution in [0.3, 0.4) is 0 Å². The predicted octanol–water partition coefficient (Wildman–Crippen LogP) is -0.321. The van der Waals surface area contributed by atoms with Crippen LogP contribution in [0.1, 0.15) is 6.92 Å². The van der Waals surface area contributed by atoms with Crippen LogP contribution in [0.2, 0.25) is 0 Å². The number of aliphatic carboxylic acids is 1. The summed E-state index contributed by atoms with van der Waals surface area (Å²) in [6.07, 6.45) is 0. The molecule has 3 heteroatoms. The van der Waals surface area contributed by atoms with Crippen LogP contribution in [0.4, 0.5) is 0 Å². The van der Waals surface area contributed by atoms with Gasteiger partial charge in [0, 0.05) is 12.6 Å². The summed E-state index contributed by atoms with van der Waals surface area (Å²) in [5.41, 5.74) is 0. The Morgan fingerprint density at radius 2 is 2.50 bits per heavy atom. The van der Waals surface area contributed by atoms with Gasteiger partial charge in [0.15, 0.2) is 0 Å².